The van der Waals surface area contributed by atoms with Gasteiger partial charge in [-0.2, -0.15) is 0 Å². The van der Waals surface area contributed by atoms with Crippen LogP contribution in [0, 0.1) is 11.3 Å². The number of hydrogen-bond donors (Lipinski definition) is 0. The Morgan fingerprint density at radius 3 is 2.53 bits per heavy atom. The van der Waals surface area contributed by atoms with Gasteiger partial charge in [0.2, 0.25) is 6.79 Å². The largest absolute Gasteiger partial charge is 0.493 e. The van der Waals surface area contributed by atoms with E-state index in [0.717, 1.165) is 11.1 Å². The van der Waals surface area contributed by atoms with Gasteiger partial charge in [0.05, 0.1) is 26.2 Å². The molecule has 0 bridgehead atoms. The first-order chi connectivity index (χ1) is 15.5. The van der Waals surface area contributed by atoms with Crippen molar-refractivity contribution in [2.24, 2.45) is 11.3 Å². The number of fused-ring (bicyclic) bond motifs is 1. The highest BCUT2D eigenvalue weighted by Crippen LogP contribution is 2.50. The van der Waals surface area contributed by atoms with Gasteiger partial charge in [-0.15, -0.1) is 0 Å². The average molecular weight is 444 g/mol. The molecular formula is C24H28O8. The summed E-state index contributed by atoms with van der Waals surface area (Å²) in [5.74, 6) is 2.03. The predicted molar refractivity (Wildman–Crippen MR) is 114 cm³/mol. The highest BCUT2D eigenvalue weighted by Gasteiger charge is 2.54. The number of hydrogen-bond acceptors (Lipinski definition) is 8. The molecule has 2 aliphatic rings. The summed E-state index contributed by atoms with van der Waals surface area (Å²) >= 11 is 0. The third-order valence-corrected chi connectivity index (χ3v) is 6.13. The maximum Gasteiger partial charge on any atom is 0.313 e. The minimum Gasteiger partial charge on any atom is -0.493 e. The molecule has 0 amide bonds. The van der Waals surface area contributed by atoms with Crippen molar-refractivity contribution in [3.8, 4) is 23.0 Å². The van der Waals surface area contributed by atoms with Crippen LogP contribution in [0.1, 0.15) is 24.2 Å². The minimum atomic E-state index is -0.820. The van der Waals surface area contributed by atoms with Crippen LogP contribution in [0.25, 0.3) is 0 Å². The van der Waals surface area contributed by atoms with Crippen LogP contribution in [0.3, 0.4) is 0 Å². The Labute approximate surface area is 187 Å². The van der Waals surface area contributed by atoms with Gasteiger partial charge in [0, 0.05) is 13.0 Å². The monoisotopic (exact) mass is 444 g/mol. The van der Waals surface area contributed by atoms with E-state index in [2.05, 4.69) is 0 Å². The first-order valence-electron chi connectivity index (χ1n) is 10.4. The van der Waals surface area contributed by atoms with E-state index in [1.54, 1.807) is 21.3 Å². The lowest BCUT2D eigenvalue weighted by atomic mass is 9.71. The van der Waals surface area contributed by atoms with Crippen molar-refractivity contribution in [1.82, 2.24) is 0 Å². The summed E-state index contributed by atoms with van der Waals surface area (Å²) in [6.45, 7) is 2.54. The quantitative estimate of drug-likeness (QED) is 0.330. The third kappa shape index (κ3) is 4.08. The maximum absolute atomic E-state index is 13.2. The first-order valence-corrected chi connectivity index (χ1v) is 10.4. The van der Waals surface area contributed by atoms with Gasteiger partial charge in [0.15, 0.2) is 23.0 Å². The molecule has 4 rings (SSSR count). The van der Waals surface area contributed by atoms with Gasteiger partial charge < -0.3 is 33.2 Å². The molecule has 8 heteroatoms. The Bertz CT molecular complexity index is 974. The van der Waals surface area contributed by atoms with Crippen molar-refractivity contribution in [2.45, 2.75) is 19.4 Å². The molecule has 0 aliphatic carbocycles. The lowest BCUT2D eigenvalue weighted by molar-refractivity contribution is -0.148. The second-order valence-electron chi connectivity index (χ2n) is 8.11. The second kappa shape index (κ2) is 9.26. The normalized spacial score (nSPS) is 23.8. The Morgan fingerprint density at radius 1 is 1.00 bits per heavy atom. The molecule has 0 unspecified atom stereocenters. The molecule has 1 fully saturated rings. The summed E-state index contributed by atoms with van der Waals surface area (Å²) in [6, 6.07) is 11.3. The molecule has 2 aromatic rings. The van der Waals surface area contributed by atoms with Gasteiger partial charge in [0.25, 0.3) is 0 Å². The fraction of sp³-hybridized carbons (Fsp3) is 0.458. The van der Waals surface area contributed by atoms with Gasteiger partial charge >= 0.3 is 5.97 Å². The van der Waals surface area contributed by atoms with Crippen LogP contribution in [0.5, 0.6) is 23.0 Å². The Balaban J connectivity index is 1.65. The molecule has 0 radical (unpaired) electrons. The zero-order valence-corrected chi connectivity index (χ0v) is 18.7. The molecule has 8 nitrogen and oxygen atoms in total. The highest BCUT2D eigenvalue weighted by atomic mass is 16.7. The average Bonchev–Trinajstić information content (AvgIpc) is 3.36. The van der Waals surface area contributed by atoms with E-state index < -0.39 is 11.5 Å². The molecule has 1 saturated heterocycles. The highest BCUT2D eigenvalue weighted by molar-refractivity contribution is 5.80. The second-order valence-corrected chi connectivity index (χ2v) is 8.11. The standard InChI is InChI=1S/C24H28O8/c1-24(11-15-5-7-19-21(9-15)31-14-30-19)17(12-29-13-26-2)22(32-23(24)25)16-6-8-18(27-3)20(10-16)28-4/h5-10,17,22H,11-14H2,1-4H3/t17-,22-,24+/m0/s1. The van der Waals surface area contributed by atoms with E-state index in [-0.39, 0.29) is 25.5 Å². The number of esters is 1. The topological polar surface area (TPSA) is 81.7 Å². The number of ether oxygens (including phenoxy) is 7. The van der Waals surface area contributed by atoms with Crippen molar-refractivity contribution in [2.75, 3.05) is 41.5 Å². The van der Waals surface area contributed by atoms with Crippen molar-refractivity contribution in [1.29, 1.82) is 0 Å². The number of carbonyl (C=O) groups excluding carboxylic acids is 1. The van der Waals surface area contributed by atoms with Crippen molar-refractivity contribution in [3.63, 3.8) is 0 Å². The summed E-state index contributed by atoms with van der Waals surface area (Å²) in [4.78, 5) is 13.2. The summed E-state index contributed by atoms with van der Waals surface area (Å²) in [7, 11) is 4.72. The number of cyclic esters (lactones) is 1. The van der Waals surface area contributed by atoms with Crippen LogP contribution < -0.4 is 18.9 Å². The van der Waals surface area contributed by atoms with Gasteiger partial charge in [-0.25, -0.2) is 0 Å². The van der Waals surface area contributed by atoms with Crippen LogP contribution in [0.15, 0.2) is 36.4 Å². The van der Waals surface area contributed by atoms with E-state index >= 15 is 0 Å². The van der Waals surface area contributed by atoms with E-state index in [4.69, 9.17) is 33.2 Å². The lowest BCUT2D eigenvalue weighted by Crippen LogP contribution is -2.35. The summed E-state index contributed by atoms with van der Waals surface area (Å²) < 4.78 is 38.4. The number of methoxy groups -OCH3 is 3. The van der Waals surface area contributed by atoms with Crippen LogP contribution in [-0.2, 0) is 25.4 Å². The molecule has 0 N–H and O–H groups in total. The third-order valence-electron chi connectivity index (χ3n) is 6.13. The van der Waals surface area contributed by atoms with Crippen LogP contribution in [0.2, 0.25) is 0 Å². The number of rotatable bonds is 9. The SMILES string of the molecule is COCOC[C@H]1[C@H](c2ccc(OC)c(OC)c2)OC(=O)[C@]1(C)Cc1ccc2c(c1)OCO2. The van der Waals surface area contributed by atoms with E-state index in [1.165, 1.54) is 0 Å². The predicted octanol–water partition coefficient (Wildman–Crippen LogP) is 3.52. The zero-order chi connectivity index (χ0) is 22.7. The summed E-state index contributed by atoms with van der Waals surface area (Å²) in [6.07, 6.45) is -0.0361. The number of benzene rings is 2. The smallest absolute Gasteiger partial charge is 0.313 e. The van der Waals surface area contributed by atoms with Gasteiger partial charge in [0.1, 0.15) is 12.9 Å². The fourth-order valence-electron chi connectivity index (χ4n) is 4.36. The Kier molecular flexibility index (Phi) is 6.43. The fourth-order valence-corrected chi connectivity index (χ4v) is 4.36. The number of carbonyl (C=O) groups is 1. The minimum absolute atomic E-state index is 0.128. The maximum atomic E-state index is 13.2. The molecule has 172 valence electrons. The van der Waals surface area contributed by atoms with Crippen LogP contribution in [-0.4, -0.2) is 47.5 Å². The molecule has 0 saturated carbocycles. The molecule has 2 heterocycles. The van der Waals surface area contributed by atoms with Crippen molar-refractivity contribution in [3.05, 3.63) is 47.5 Å². The molecular weight excluding hydrogens is 416 g/mol. The van der Waals surface area contributed by atoms with E-state index in [0.29, 0.717) is 36.0 Å². The van der Waals surface area contributed by atoms with Gasteiger partial charge in [-0.1, -0.05) is 12.1 Å². The summed E-state index contributed by atoms with van der Waals surface area (Å²) in [5.41, 5.74) is 0.953. The van der Waals surface area contributed by atoms with Crippen molar-refractivity contribution >= 4 is 5.97 Å². The first kappa shape index (κ1) is 22.2. The molecule has 0 spiro atoms. The van der Waals surface area contributed by atoms with Crippen LogP contribution in [0.4, 0.5) is 0 Å². The molecule has 3 atom stereocenters. The Hall–Kier alpha value is -2.97. The van der Waals surface area contributed by atoms with Gasteiger partial charge in [-0.05, 0) is 48.7 Å². The van der Waals surface area contributed by atoms with E-state index in [1.807, 2.05) is 43.3 Å². The zero-order valence-electron chi connectivity index (χ0n) is 18.7. The molecule has 32 heavy (non-hydrogen) atoms. The molecule has 0 aromatic heterocycles. The van der Waals surface area contributed by atoms with E-state index in [9.17, 15) is 4.79 Å². The van der Waals surface area contributed by atoms with Gasteiger partial charge in [-0.3, -0.25) is 4.79 Å². The molecule has 2 aliphatic heterocycles. The Morgan fingerprint density at radius 2 is 1.78 bits per heavy atom. The lowest BCUT2D eigenvalue weighted by Gasteiger charge is -2.29. The van der Waals surface area contributed by atoms with Crippen LogP contribution >= 0.6 is 0 Å². The summed E-state index contributed by atoms with van der Waals surface area (Å²) in [5, 5.41) is 0. The van der Waals surface area contributed by atoms with Crippen molar-refractivity contribution < 1.29 is 38.0 Å². The molecule has 2 aromatic carbocycles.